The Bertz CT molecular complexity index is 393. The van der Waals surface area contributed by atoms with Gasteiger partial charge in [-0.15, -0.1) is 0 Å². The maximum atomic E-state index is 10.6. The Morgan fingerprint density at radius 3 is 2.61 bits per heavy atom. The molecule has 1 aliphatic rings. The van der Waals surface area contributed by atoms with E-state index in [4.69, 9.17) is 5.73 Å². The van der Waals surface area contributed by atoms with Gasteiger partial charge < -0.3 is 11.1 Å². The number of hydrogen-bond donors (Lipinski definition) is 2. The summed E-state index contributed by atoms with van der Waals surface area (Å²) in [7, 11) is 0. The topological polar surface area (TPSA) is 55.1 Å². The standard InChI is InChI=1S/C15H22N2O/c1-11-4-6-12(7-5-11)13-9-14(10-13)17-8-2-3-15(16)18/h4-7,13-14,17H,2-3,8-10H2,1H3,(H2,16,18). The Morgan fingerprint density at radius 1 is 1.33 bits per heavy atom. The van der Waals surface area contributed by atoms with Crippen molar-refractivity contribution in [3.63, 3.8) is 0 Å². The van der Waals surface area contributed by atoms with E-state index in [-0.39, 0.29) is 5.91 Å². The molecule has 0 heterocycles. The van der Waals surface area contributed by atoms with E-state index in [9.17, 15) is 4.79 Å². The minimum Gasteiger partial charge on any atom is -0.370 e. The van der Waals surface area contributed by atoms with Crippen molar-refractivity contribution in [1.82, 2.24) is 5.32 Å². The van der Waals surface area contributed by atoms with Gasteiger partial charge in [-0.1, -0.05) is 29.8 Å². The summed E-state index contributed by atoms with van der Waals surface area (Å²) >= 11 is 0. The van der Waals surface area contributed by atoms with Crippen molar-refractivity contribution in [1.29, 1.82) is 0 Å². The highest BCUT2D eigenvalue weighted by molar-refractivity contribution is 5.73. The molecule has 1 aromatic rings. The smallest absolute Gasteiger partial charge is 0.217 e. The van der Waals surface area contributed by atoms with Crippen LogP contribution in [0.15, 0.2) is 24.3 Å². The van der Waals surface area contributed by atoms with Crippen LogP contribution in [0.2, 0.25) is 0 Å². The van der Waals surface area contributed by atoms with Gasteiger partial charge in [0.2, 0.25) is 5.91 Å². The number of nitrogens with two attached hydrogens (primary N) is 1. The molecule has 18 heavy (non-hydrogen) atoms. The van der Waals surface area contributed by atoms with Crippen LogP contribution in [0.5, 0.6) is 0 Å². The third kappa shape index (κ3) is 3.57. The zero-order valence-corrected chi connectivity index (χ0v) is 11.0. The molecule has 3 heteroatoms. The Morgan fingerprint density at radius 2 is 2.00 bits per heavy atom. The largest absolute Gasteiger partial charge is 0.370 e. The molecule has 1 saturated carbocycles. The molecule has 0 aliphatic heterocycles. The summed E-state index contributed by atoms with van der Waals surface area (Å²) < 4.78 is 0. The second kappa shape index (κ2) is 6.01. The Hall–Kier alpha value is -1.35. The van der Waals surface area contributed by atoms with E-state index in [0.29, 0.717) is 18.4 Å². The van der Waals surface area contributed by atoms with Gasteiger partial charge in [0.15, 0.2) is 0 Å². The molecule has 0 bridgehead atoms. The number of hydrogen-bond acceptors (Lipinski definition) is 2. The zero-order chi connectivity index (χ0) is 13.0. The van der Waals surface area contributed by atoms with Crippen molar-refractivity contribution < 1.29 is 4.79 Å². The van der Waals surface area contributed by atoms with Gasteiger partial charge in [0.1, 0.15) is 0 Å². The third-order valence-corrected chi connectivity index (χ3v) is 3.72. The number of benzene rings is 1. The van der Waals surface area contributed by atoms with E-state index >= 15 is 0 Å². The van der Waals surface area contributed by atoms with Gasteiger partial charge in [-0.3, -0.25) is 4.79 Å². The number of primary amides is 1. The maximum Gasteiger partial charge on any atom is 0.217 e. The average Bonchev–Trinajstić information content (AvgIpc) is 2.28. The van der Waals surface area contributed by atoms with Crippen molar-refractivity contribution in [2.75, 3.05) is 6.54 Å². The predicted molar refractivity (Wildman–Crippen MR) is 73.4 cm³/mol. The number of carbonyl (C=O) groups is 1. The third-order valence-electron chi connectivity index (χ3n) is 3.72. The fourth-order valence-electron chi connectivity index (χ4n) is 2.46. The summed E-state index contributed by atoms with van der Waals surface area (Å²) in [6.45, 7) is 3.02. The first-order chi connectivity index (χ1) is 8.65. The van der Waals surface area contributed by atoms with Crippen molar-refractivity contribution in [2.45, 2.75) is 44.6 Å². The second-order valence-corrected chi connectivity index (χ2v) is 5.30. The van der Waals surface area contributed by atoms with Crippen LogP contribution >= 0.6 is 0 Å². The van der Waals surface area contributed by atoms with E-state index < -0.39 is 0 Å². The number of aryl methyl sites for hydroxylation is 1. The second-order valence-electron chi connectivity index (χ2n) is 5.30. The molecule has 0 aromatic heterocycles. The molecular weight excluding hydrogens is 224 g/mol. The average molecular weight is 246 g/mol. The molecule has 0 unspecified atom stereocenters. The quantitative estimate of drug-likeness (QED) is 0.755. The van der Waals surface area contributed by atoms with E-state index in [0.717, 1.165) is 13.0 Å². The van der Waals surface area contributed by atoms with Crippen LogP contribution in [-0.4, -0.2) is 18.5 Å². The fraction of sp³-hybridized carbons (Fsp3) is 0.533. The lowest BCUT2D eigenvalue weighted by molar-refractivity contribution is -0.118. The maximum absolute atomic E-state index is 10.6. The summed E-state index contributed by atoms with van der Waals surface area (Å²) in [4.78, 5) is 10.6. The molecule has 1 fully saturated rings. The highest BCUT2D eigenvalue weighted by Gasteiger charge is 2.29. The van der Waals surface area contributed by atoms with Gasteiger partial charge in [0.25, 0.3) is 0 Å². The monoisotopic (exact) mass is 246 g/mol. The first kappa shape index (κ1) is 13.1. The number of amides is 1. The van der Waals surface area contributed by atoms with Crippen molar-refractivity contribution in [3.8, 4) is 0 Å². The van der Waals surface area contributed by atoms with Crippen molar-refractivity contribution >= 4 is 5.91 Å². The van der Waals surface area contributed by atoms with Crippen LogP contribution in [0.1, 0.15) is 42.7 Å². The van der Waals surface area contributed by atoms with E-state index in [1.165, 1.54) is 24.0 Å². The van der Waals surface area contributed by atoms with Gasteiger partial charge in [-0.2, -0.15) is 0 Å². The van der Waals surface area contributed by atoms with Crippen LogP contribution in [-0.2, 0) is 4.79 Å². The lowest BCUT2D eigenvalue weighted by Gasteiger charge is -2.36. The molecule has 3 nitrogen and oxygen atoms in total. The Kier molecular flexibility index (Phi) is 4.37. The van der Waals surface area contributed by atoms with Crippen LogP contribution in [0.3, 0.4) is 0 Å². The predicted octanol–water partition coefficient (Wildman–Crippen LogP) is 2.10. The normalized spacial score (nSPS) is 22.5. The first-order valence-electron chi connectivity index (χ1n) is 6.73. The zero-order valence-electron chi connectivity index (χ0n) is 11.0. The summed E-state index contributed by atoms with van der Waals surface area (Å²) in [6.07, 6.45) is 3.75. The number of carbonyl (C=O) groups excluding carboxylic acids is 1. The van der Waals surface area contributed by atoms with Crippen LogP contribution in [0, 0.1) is 6.92 Å². The van der Waals surface area contributed by atoms with Gasteiger partial charge in [0, 0.05) is 12.5 Å². The van der Waals surface area contributed by atoms with E-state index in [1.807, 2.05) is 0 Å². The first-order valence-corrected chi connectivity index (χ1v) is 6.73. The molecular formula is C15H22N2O. The lowest BCUT2D eigenvalue weighted by atomic mass is 9.76. The molecule has 0 spiro atoms. The molecule has 2 rings (SSSR count). The molecule has 98 valence electrons. The van der Waals surface area contributed by atoms with Crippen molar-refractivity contribution in [3.05, 3.63) is 35.4 Å². The van der Waals surface area contributed by atoms with Crippen LogP contribution in [0.25, 0.3) is 0 Å². The number of nitrogens with one attached hydrogen (secondary N) is 1. The molecule has 1 aliphatic carbocycles. The minimum atomic E-state index is -0.206. The van der Waals surface area contributed by atoms with Gasteiger partial charge in [-0.25, -0.2) is 0 Å². The molecule has 1 amide bonds. The van der Waals surface area contributed by atoms with Crippen LogP contribution < -0.4 is 11.1 Å². The summed E-state index contributed by atoms with van der Waals surface area (Å²) in [5, 5.41) is 3.48. The molecule has 0 atom stereocenters. The lowest BCUT2D eigenvalue weighted by Crippen LogP contribution is -2.40. The van der Waals surface area contributed by atoms with Gasteiger partial charge in [0.05, 0.1) is 0 Å². The molecule has 0 saturated heterocycles. The van der Waals surface area contributed by atoms with Gasteiger partial charge in [-0.05, 0) is 44.2 Å². The highest BCUT2D eigenvalue weighted by Crippen LogP contribution is 2.36. The number of rotatable bonds is 6. The molecule has 0 radical (unpaired) electrons. The van der Waals surface area contributed by atoms with Crippen molar-refractivity contribution in [2.24, 2.45) is 5.73 Å². The molecule has 1 aromatic carbocycles. The van der Waals surface area contributed by atoms with E-state index in [1.54, 1.807) is 0 Å². The summed E-state index contributed by atoms with van der Waals surface area (Å²) in [6, 6.07) is 9.46. The fourth-order valence-corrected chi connectivity index (χ4v) is 2.46. The minimum absolute atomic E-state index is 0.206. The summed E-state index contributed by atoms with van der Waals surface area (Å²) in [5.74, 6) is 0.502. The van der Waals surface area contributed by atoms with Gasteiger partial charge >= 0.3 is 0 Å². The SMILES string of the molecule is Cc1ccc(C2CC(NCCCC(N)=O)C2)cc1. The van der Waals surface area contributed by atoms with Crippen LogP contribution in [0.4, 0.5) is 0 Å². The molecule has 3 N–H and O–H groups in total. The summed E-state index contributed by atoms with van der Waals surface area (Å²) in [5.41, 5.74) is 7.87. The Labute approximate surface area is 109 Å². The highest BCUT2D eigenvalue weighted by atomic mass is 16.1. The Balaban J connectivity index is 1.64. The van der Waals surface area contributed by atoms with E-state index in [2.05, 4.69) is 36.5 Å².